The summed E-state index contributed by atoms with van der Waals surface area (Å²) >= 11 is 0. The minimum Gasteiger partial charge on any atom is -0.362 e. The Balaban J connectivity index is 1.71. The molecule has 2 N–H and O–H groups in total. The van der Waals surface area contributed by atoms with E-state index in [0.717, 1.165) is 18.8 Å². The van der Waals surface area contributed by atoms with Crippen LogP contribution in [0, 0.1) is 34.5 Å². The van der Waals surface area contributed by atoms with Gasteiger partial charge in [0, 0.05) is 5.41 Å². The molecule has 0 saturated heterocycles. The van der Waals surface area contributed by atoms with E-state index in [1.54, 1.807) is 6.08 Å². The van der Waals surface area contributed by atoms with Gasteiger partial charge in [-0.05, 0) is 73.7 Å². The molecule has 4 rings (SSSR count). The van der Waals surface area contributed by atoms with Gasteiger partial charge < -0.3 is 10.2 Å². The van der Waals surface area contributed by atoms with Crippen molar-refractivity contribution in [1.82, 2.24) is 0 Å². The van der Waals surface area contributed by atoms with Crippen LogP contribution in [0.2, 0.25) is 0 Å². The Bertz CT molecular complexity index is 506. The zero-order chi connectivity index (χ0) is 14.9. The molecule has 0 bridgehead atoms. The average Bonchev–Trinajstić information content (AvgIpc) is 2.69. The molecular formula is C19H28O2. The number of fused-ring (bicyclic) bond motifs is 5. The zero-order valence-electron chi connectivity index (χ0n) is 13.3. The molecule has 0 amide bonds. The van der Waals surface area contributed by atoms with E-state index < -0.39 is 5.79 Å². The molecule has 2 saturated carbocycles. The van der Waals surface area contributed by atoms with E-state index in [0.29, 0.717) is 23.2 Å². The molecule has 21 heavy (non-hydrogen) atoms. The summed E-state index contributed by atoms with van der Waals surface area (Å²) in [4.78, 5) is 0. The Kier molecular flexibility index (Phi) is 2.83. The maximum absolute atomic E-state index is 10.4. The topological polar surface area (TPSA) is 40.5 Å². The molecule has 4 aliphatic carbocycles. The SMILES string of the molecule is C[C@]12C=CCCC1CC[C@@H]1[C@H]2CC[C@@]2(C)[C@H]1C=CC2(O)O. The van der Waals surface area contributed by atoms with Crippen molar-refractivity contribution in [2.75, 3.05) is 0 Å². The van der Waals surface area contributed by atoms with E-state index in [9.17, 15) is 10.2 Å². The van der Waals surface area contributed by atoms with Gasteiger partial charge in [0.1, 0.15) is 0 Å². The molecule has 2 heteroatoms. The largest absolute Gasteiger partial charge is 0.362 e. The Morgan fingerprint density at radius 1 is 1.00 bits per heavy atom. The van der Waals surface area contributed by atoms with E-state index in [1.165, 1.54) is 25.7 Å². The summed E-state index contributed by atoms with van der Waals surface area (Å²) in [7, 11) is 0. The van der Waals surface area contributed by atoms with Crippen LogP contribution in [-0.4, -0.2) is 16.0 Å². The average molecular weight is 288 g/mol. The zero-order valence-corrected chi connectivity index (χ0v) is 13.3. The quantitative estimate of drug-likeness (QED) is 0.527. The van der Waals surface area contributed by atoms with E-state index in [4.69, 9.17) is 0 Å². The Hall–Kier alpha value is -0.600. The minimum absolute atomic E-state index is 0.333. The van der Waals surface area contributed by atoms with Crippen LogP contribution in [0.4, 0.5) is 0 Å². The molecule has 2 fully saturated rings. The molecule has 2 nitrogen and oxygen atoms in total. The van der Waals surface area contributed by atoms with Gasteiger partial charge in [0.05, 0.1) is 0 Å². The predicted molar refractivity (Wildman–Crippen MR) is 83.3 cm³/mol. The van der Waals surface area contributed by atoms with Crippen LogP contribution in [0.5, 0.6) is 0 Å². The Labute approximate surface area is 127 Å². The van der Waals surface area contributed by atoms with Gasteiger partial charge in [-0.25, -0.2) is 0 Å². The highest BCUT2D eigenvalue weighted by Gasteiger charge is 2.61. The lowest BCUT2D eigenvalue weighted by Crippen LogP contribution is -2.56. The highest BCUT2D eigenvalue weighted by atomic mass is 16.5. The van der Waals surface area contributed by atoms with Gasteiger partial charge in [0.15, 0.2) is 5.79 Å². The van der Waals surface area contributed by atoms with Gasteiger partial charge in [0.2, 0.25) is 0 Å². The monoisotopic (exact) mass is 288 g/mol. The number of allylic oxidation sites excluding steroid dienone is 3. The second-order valence-electron chi connectivity index (χ2n) is 8.46. The van der Waals surface area contributed by atoms with Crippen molar-refractivity contribution in [1.29, 1.82) is 0 Å². The third kappa shape index (κ3) is 1.66. The summed E-state index contributed by atoms with van der Waals surface area (Å²) < 4.78 is 0. The number of rotatable bonds is 0. The molecule has 0 heterocycles. The standard InChI is InChI=1S/C19H28O2/c1-17-10-4-3-5-13(17)6-7-14-15(17)8-11-18(2)16(14)9-12-19(18,20)21/h4,9-10,12-16,20-21H,3,5-8,11H2,1-2H3/t13?,14-,15-,16+,17+,18+/m1/s1. The second-order valence-corrected chi connectivity index (χ2v) is 8.46. The number of aliphatic hydroxyl groups is 2. The predicted octanol–water partition coefficient (Wildman–Crippen LogP) is 3.65. The molecule has 0 aromatic heterocycles. The van der Waals surface area contributed by atoms with Crippen molar-refractivity contribution in [3.05, 3.63) is 24.3 Å². The van der Waals surface area contributed by atoms with Crippen molar-refractivity contribution in [3.63, 3.8) is 0 Å². The Morgan fingerprint density at radius 2 is 1.81 bits per heavy atom. The summed E-state index contributed by atoms with van der Waals surface area (Å²) in [6.45, 7) is 4.55. The molecule has 116 valence electrons. The third-order valence-electron chi connectivity index (χ3n) is 7.75. The van der Waals surface area contributed by atoms with Crippen molar-refractivity contribution in [2.24, 2.45) is 34.5 Å². The molecule has 0 spiro atoms. The Morgan fingerprint density at radius 3 is 2.62 bits per heavy atom. The van der Waals surface area contributed by atoms with Crippen LogP contribution in [0.25, 0.3) is 0 Å². The van der Waals surface area contributed by atoms with Gasteiger partial charge in [0.25, 0.3) is 0 Å². The third-order valence-corrected chi connectivity index (χ3v) is 7.75. The van der Waals surface area contributed by atoms with E-state index in [2.05, 4.69) is 32.1 Å². The first-order valence-electron chi connectivity index (χ1n) is 8.70. The minimum atomic E-state index is -1.61. The van der Waals surface area contributed by atoms with Gasteiger partial charge in [-0.3, -0.25) is 0 Å². The van der Waals surface area contributed by atoms with E-state index in [-0.39, 0.29) is 5.41 Å². The molecule has 4 aliphatic rings. The van der Waals surface area contributed by atoms with Crippen LogP contribution in [0.15, 0.2) is 24.3 Å². The maximum atomic E-state index is 10.4. The second kappa shape index (κ2) is 4.23. The number of hydrogen-bond acceptors (Lipinski definition) is 2. The van der Waals surface area contributed by atoms with E-state index >= 15 is 0 Å². The molecule has 6 atom stereocenters. The highest BCUT2D eigenvalue weighted by Crippen LogP contribution is 2.65. The van der Waals surface area contributed by atoms with Crippen molar-refractivity contribution < 1.29 is 10.2 Å². The first kappa shape index (κ1) is 14.0. The summed E-state index contributed by atoms with van der Waals surface area (Å²) in [5.41, 5.74) is -0.0394. The summed E-state index contributed by atoms with van der Waals surface area (Å²) in [6.07, 6.45) is 15.9. The lowest BCUT2D eigenvalue weighted by atomic mass is 9.46. The van der Waals surface area contributed by atoms with Gasteiger partial charge in [-0.15, -0.1) is 0 Å². The molecule has 0 radical (unpaired) electrons. The molecule has 0 aliphatic heterocycles. The van der Waals surface area contributed by atoms with Gasteiger partial charge in [-0.2, -0.15) is 0 Å². The van der Waals surface area contributed by atoms with E-state index in [1.807, 2.05) is 0 Å². The molecule has 1 unspecified atom stereocenters. The van der Waals surface area contributed by atoms with Crippen molar-refractivity contribution in [2.45, 2.75) is 58.2 Å². The highest BCUT2D eigenvalue weighted by molar-refractivity contribution is 5.24. The van der Waals surface area contributed by atoms with Crippen LogP contribution in [0.1, 0.15) is 52.4 Å². The summed E-state index contributed by atoms with van der Waals surface area (Å²) in [5.74, 6) is 0.892. The summed E-state index contributed by atoms with van der Waals surface area (Å²) in [5, 5.41) is 20.8. The lowest BCUT2D eigenvalue weighted by molar-refractivity contribution is -0.230. The van der Waals surface area contributed by atoms with Crippen LogP contribution >= 0.6 is 0 Å². The molecular weight excluding hydrogens is 260 g/mol. The van der Waals surface area contributed by atoms with Crippen LogP contribution in [0.3, 0.4) is 0 Å². The first-order chi connectivity index (χ1) is 9.88. The lowest BCUT2D eigenvalue weighted by Gasteiger charge is -2.59. The van der Waals surface area contributed by atoms with Gasteiger partial charge >= 0.3 is 0 Å². The summed E-state index contributed by atoms with van der Waals surface area (Å²) in [6, 6.07) is 0. The smallest absolute Gasteiger partial charge is 0.188 e. The van der Waals surface area contributed by atoms with Crippen LogP contribution in [-0.2, 0) is 0 Å². The fraction of sp³-hybridized carbons (Fsp3) is 0.789. The van der Waals surface area contributed by atoms with Crippen molar-refractivity contribution in [3.8, 4) is 0 Å². The maximum Gasteiger partial charge on any atom is 0.188 e. The fourth-order valence-corrected chi connectivity index (χ4v) is 6.28. The van der Waals surface area contributed by atoms with Crippen LogP contribution < -0.4 is 0 Å². The van der Waals surface area contributed by atoms with Gasteiger partial charge in [-0.1, -0.05) is 32.1 Å². The molecule has 0 aromatic carbocycles. The first-order valence-corrected chi connectivity index (χ1v) is 8.70. The fourth-order valence-electron chi connectivity index (χ4n) is 6.28. The number of hydrogen-bond donors (Lipinski definition) is 2. The normalized spacial score (nSPS) is 53.9. The molecule has 0 aromatic rings. The van der Waals surface area contributed by atoms with Crippen molar-refractivity contribution >= 4 is 0 Å².